The van der Waals surface area contributed by atoms with Crippen LogP contribution in [-0.2, 0) is 32.7 Å². The zero-order chi connectivity index (χ0) is 0. The number of halogens is 5. The van der Waals surface area contributed by atoms with Crippen molar-refractivity contribution >= 4 is 50.2 Å². The van der Waals surface area contributed by atoms with Gasteiger partial charge in [0.1, 0.15) is 0 Å². The molecular formula is H11BiF4INaOY. The van der Waals surface area contributed by atoms with Gasteiger partial charge in [-0.05, 0) is 0 Å². The van der Waals surface area contributed by atoms with Crippen molar-refractivity contribution < 1.29 is 88.0 Å². The smallest absolute Gasteiger partial charge is 1.00 e. The maximum absolute atomic E-state index is 0. The van der Waals surface area contributed by atoms with Crippen LogP contribution in [0.3, 0.4) is 0 Å². The minimum atomic E-state index is 0. The zero-order valence-corrected chi connectivity index (χ0v) is 17.5. The van der Waals surface area contributed by atoms with Crippen molar-refractivity contribution in [1.82, 2.24) is 0 Å². The van der Waals surface area contributed by atoms with E-state index in [9.17, 15) is 0 Å². The summed E-state index contributed by atoms with van der Waals surface area (Å²) in [6.45, 7) is 0. The third kappa shape index (κ3) is 87.2. The van der Waals surface area contributed by atoms with Crippen LogP contribution in [0.5, 0.6) is 0 Å². The molecule has 0 saturated carbocycles. The summed E-state index contributed by atoms with van der Waals surface area (Å²) in [6.07, 6.45) is 0. The van der Waals surface area contributed by atoms with E-state index in [4.69, 9.17) is 0 Å². The van der Waals surface area contributed by atoms with Crippen LogP contribution in [0.15, 0.2) is 0 Å². The van der Waals surface area contributed by atoms with Gasteiger partial charge in [-0.15, -0.1) is 24.0 Å². The average Bonchev–Trinajstić information content (AvgIpc) is 0. The fourth-order valence-corrected chi connectivity index (χ4v) is 0. The molecule has 0 atom stereocenters. The minimum absolute atomic E-state index is 0. The van der Waals surface area contributed by atoms with Crippen LogP contribution in [0.4, 0.5) is 18.8 Å². The maximum Gasteiger partial charge on any atom is 1.00 e. The second kappa shape index (κ2) is 107. The fourth-order valence-electron chi connectivity index (χ4n) is 0. The first-order valence-electron chi connectivity index (χ1n) is 0. The van der Waals surface area contributed by atoms with Crippen molar-refractivity contribution in [3.8, 4) is 0 Å². The molecule has 0 aliphatic heterocycles. The Kier molecular flexibility index (Phi) is 1660. The third-order valence-corrected chi connectivity index (χ3v) is 0. The second-order valence-corrected chi connectivity index (χ2v) is 0. The molecule has 0 fully saturated rings. The van der Waals surface area contributed by atoms with E-state index in [0.717, 1.165) is 0 Å². The molecule has 0 aliphatic rings. The molecule has 0 aromatic carbocycles. The van der Waals surface area contributed by atoms with E-state index in [2.05, 4.69) is 0 Å². The van der Waals surface area contributed by atoms with E-state index in [1.165, 1.54) is 0 Å². The largest absolute Gasteiger partial charge is 1.00 e. The molecule has 9 heavy (non-hydrogen) atoms. The quantitative estimate of drug-likeness (QED) is 0.169. The van der Waals surface area contributed by atoms with Gasteiger partial charge in [0.2, 0.25) is 0 Å². The molecule has 0 aromatic rings. The topological polar surface area (TPSA) is 31.5 Å². The molecule has 0 saturated heterocycles. The van der Waals surface area contributed by atoms with Gasteiger partial charge in [-0.2, -0.15) is 0 Å². The molecule has 9 heteroatoms. The molecule has 0 amide bonds. The second-order valence-electron chi connectivity index (χ2n) is 0. The van der Waals surface area contributed by atoms with E-state index in [1.54, 1.807) is 0 Å². The summed E-state index contributed by atoms with van der Waals surface area (Å²) >= 11 is 0. The Morgan fingerprint density at radius 3 is 0.778 bits per heavy atom. The first kappa shape index (κ1) is 140. The molecule has 0 heterocycles. The van der Waals surface area contributed by atoms with Crippen molar-refractivity contribution in [1.29, 1.82) is 0 Å². The van der Waals surface area contributed by atoms with Crippen molar-refractivity contribution in [2.75, 3.05) is 0 Å². The Balaban J connectivity index is 0. The van der Waals surface area contributed by atoms with E-state index in [-0.39, 0.29) is 138 Å². The van der Waals surface area contributed by atoms with Gasteiger partial charge in [0.15, 0.2) is 0 Å². The molecule has 1 nitrogen and oxygen atoms in total. The SMILES string of the molecule is F.F.F.F.I.O.[BiH3].[H-].[Na+].[Y]. The molecule has 0 unspecified atom stereocenters. The van der Waals surface area contributed by atoms with Gasteiger partial charge in [-0.3, -0.25) is 18.8 Å². The van der Waals surface area contributed by atoms with Gasteiger partial charge in [0, 0.05) is 32.7 Å². The maximum atomic E-state index is 0. The summed E-state index contributed by atoms with van der Waals surface area (Å²) in [5.74, 6) is 0. The minimum Gasteiger partial charge on any atom is -1.00 e. The van der Waals surface area contributed by atoms with Crippen LogP contribution in [0, 0.1) is 0 Å². The molecular weight excluding hydrogens is 540 g/mol. The summed E-state index contributed by atoms with van der Waals surface area (Å²) in [5, 5.41) is 0. The fraction of sp³-hybridized carbons (Fsp3) is 0. The number of hydrogen-bond donors (Lipinski definition) is 0. The molecule has 1 radical (unpaired) electrons. The van der Waals surface area contributed by atoms with Gasteiger partial charge in [-0.25, -0.2) is 0 Å². The van der Waals surface area contributed by atoms with Crippen molar-refractivity contribution in [3.63, 3.8) is 0 Å². The van der Waals surface area contributed by atoms with Crippen LogP contribution in [0.25, 0.3) is 0 Å². The third-order valence-electron chi connectivity index (χ3n) is 0. The number of rotatable bonds is 0. The molecule has 0 spiro atoms. The summed E-state index contributed by atoms with van der Waals surface area (Å²) < 4.78 is 0. The molecule has 0 aliphatic carbocycles. The summed E-state index contributed by atoms with van der Waals surface area (Å²) in [5.41, 5.74) is 0. The van der Waals surface area contributed by atoms with Crippen LogP contribution < -0.4 is 29.6 Å². The predicted octanol–water partition coefficient (Wildman–Crippen LogP) is -3.67. The molecule has 0 aromatic heterocycles. The average molecular weight is 551 g/mol. The Hall–Kier alpha value is 3.40. The summed E-state index contributed by atoms with van der Waals surface area (Å²) in [4.78, 5) is 0. The van der Waals surface area contributed by atoms with Gasteiger partial charge in [-0.1, -0.05) is 0 Å². The van der Waals surface area contributed by atoms with Gasteiger partial charge in [0.25, 0.3) is 0 Å². The van der Waals surface area contributed by atoms with Crippen molar-refractivity contribution in [2.24, 2.45) is 0 Å². The van der Waals surface area contributed by atoms with E-state index in [1.807, 2.05) is 0 Å². The standard InChI is InChI=1S/Bi.4FH.HI.Na.H2O.Y.4H/h;5*1H;;1H2;;;;;/q;;;;;;+1;;;;;;-1. The Labute approximate surface area is 135 Å². The van der Waals surface area contributed by atoms with Gasteiger partial charge in [0.05, 0.1) is 0 Å². The summed E-state index contributed by atoms with van der Waals surface area (Å²) in [6, 6.07) is 0. The van der Waals surface area contributed by atoms with Crippen molar-refractivity contribution in [2.45, 2.75) is 0 Å². The van der Waals surface area contributed by atoms with Crippen LogP contribution >= 0.6 is 24.0 Å². The van der Waals surface area contributed by atoms with E-state index < -0.39 is 0 Å². The summed E-state index contributed by atoms with van der Waals surface area (Å²) in [7, 11) is 0. The van der Waals surface area contributed by atoms with Gasteiger partial charge < -0.3 is 6.90 Å². The Morgan fingerprint density at radius 1 is 0.778 bits per heavy atom. The van der Waals surface area contributed by atoms with Gasteiger partial charge >= 0.3 is 55.8 Å². The molecule has 61 valence electrons. The molecule has 0 bridgehead atoms. The normalized spacial score (nSPS) is 0. The number of hydrogen-bond acceptors (Lipinski definition) is 0. The van der Waals surface area contributed by atoms with E-state index >= 15 is 0 Å². The van der Waals surface area contributed by atoms with Crippen molar-refractivity contribution in [3.05, 3.63) is 0 Å². The Bertz CT molecular complexity index is 25.2. The first-order chi connectivity index (χ1) is 0. The molecule has 2 N–H and O–H groups in total. The molecule has 0 rings (SSSR count). The van der Waals surface area contributed by atoms with E-state index in [0.29, 0.717) is 0 Å². The van der Waals surface area contributed by atoms with Crippen LogP contribution in [0.2, 0.25) is 0 Å². The van der Waals surface area contributed by atoms with Crippen LogP contribution in [0.1, 0.15) is 1.43 Å². The van der Waals surface area contributed by atoms with Crippen LogP contribution in [-0.4, -0.2) is 31.7 Å². The monoisotopic (exact) mass is 551 g/mol. The Morgan fingerprint density at radius 2 is 0.778 bits per heavy atom. The first-order valence-corrected chi connectivity index (χ1v) is 0. The predicted molar refractivity (Wildman–Crippen MR) is 40.1 cm³/mol. The zero-order valence-electron chi connectivity index (χ0n) is 5.83.